The van der Waals surface area contributed by atoms with Gasteiger partial charge in [0.15, 0.2) is 0 Å². The number of benzene rings is 2. The summed E-state index contributed by atoms with van der Waals surface area (Å²) in [6.07, 6.45) is 0. The van der Waals surface area contributed by atoms with E-state index in [-0.39, 0.29) is 10.5 Å². The van der Waals surface area contributed by atoms with Gasteiger partial charge in [0.05, 0.1) is 10.5 Å². The zero-order valence-electron chi connectivity index (χ0n) is 12.9. The summed E-state index contributed by atoms with van der Waals surface area (Å²) in [4.78, 5) is 2.20. The lowest BCUT2D eigenvalue weighted by molar-refractivity contribution is 0.385. The van der Waals surface area contributed by atoms with E-state index in [0.717, 1.165) is 5.69 Å². The predicted molar refractivity (Wildman–Crippen MR) is 93.6 cm³/mol. The molecule has 7 heteroatoms. The van der Waals surface area contributed by atoms with Crippen LogP contribution in [0.3, 0.4) is 0 Å². The topological polar surface area (TPSA) is 64.4 Å². The van der Waals surface area contributed by atoms with E-state index in [2.05, 4.69) is 4.90 Å². The Kier molecular flexibility index (Phi) is 4.76. The molecule has 0 atom stereocenters. The van der Waals surface area contributed by atoms with Gasteiger partial charge in [-0.15, -0.1) is 0 Å². The zero-order chi connectivity index (χ0) is 17.2. The van der Waals surface area contributed by atoms with Crippen LogP contribution < -0.4 is 4.90 Å². The minimum absolute atomic E-state index is 0.0763. The highest BCUT2D eigenvalue weighted by atomic mass is 35.5. The highest BCUT2D eigenvalue weighted by molar-refractivity contribution is 7.89. The maximum Gasteiger partial charge on any atom is 0.244 e. The predicted octanol–water partition coefficient (Wildman–Crippen LogP) is 2.72. The Morgan fingerprint density at radius 3 is 2.21 bits per heavy atom. The largest absolute Gasteiger partial charge is 0.369 e. The standard InChI is InChI=1S/C17H16ClN3O2S/c18-15-5-7-16(8-6-15)20-9-11-21(12-10-20)24(22,23)17-4-2-1-3-14(17)13-19/h1-8H,9-12H2. The van der Waals surface area contributed by atoms with Crippen LogP contribution in [-0.4, -0.2) is 38.9 Å². The molecule has 1 aliphatic heterocycles. The van der Waals surface area contributed by atoms with Gasteiger partial charge in [-0.1, -0.05) is 23.7 Å². The third-order valence-electron chi connectivity index (χ3n) is 4.06. The molecule has 5 nitrogen and oxygen atoms in total. The van der Waals surface area contributed by atoms with Crippen molar-refractivity contribution in [3.63, 3.8) is 0 Å². The maximum atomic E-state index is 12.8. The molecule has 1 fully saturated rings. The van der Waals surface area contributed by atoms with Crippen molar-refractivity contribution in [1.29, 1.82) is 5.26 Å². The van der Waals surface area contributed by atoms with Crippen molar-refractivity contribution < 1.29 is 8.42 Å². The van der Waals surface area contributed by atoms with Crippen LogP contribution >= 0.6 is 11.6 Å². The van der Waals surface area contributed by atoms with Crippen molar-refractivity contribution in [2.45, 2.75) is 4.90 Å². The van der Waals surface area contributed by atoms with E-state index < -0.39 is 10.0 Å². The van der Waals surface area contributed by atoms with E-state index in [1.807, 2.05) is 30.3 Å². The second-order valence-electron chi connectivity index (χ2n) is 5.48. The first kappa shape index (κ1) is 16.8. The first-order valence-electron chi connectivity index (χ1n) is 7.52. The van der Waals surface area contributed by atoms with Crippen molar-refractivity contribution >= 4 is 27.3 Å². The van der Waals surface area contributed by atoms with E-state index in [1.54, 1.807) is 12.1 Å². The Bertz CT molecular complexity index is 867. The highest BCUT2D eigenvalue weighted by Gasteiger charge is 2.30. The molecule has 0 saturated carbocycles. The monoisotopic (exact) mass is 361 g/mol. The molecule has 3 rings (SSSR count). The van der Waals surface area contributed by atoms with Gasteiger partial charge in [-0.2, -0.15) is 9.57 Å². The summed E-state index contributed by atoms with van der Waals surface area (Å²) in [5.41, 5.74) is 1.20. The Morgan fingerprint density at radius 2 is 1.58 bits per heavy atom. The van der Waals surface area contributed by atoms with Crippen LogP contribution in [0, 0.1) is 11.3 Å². The second kappa shape index (κ2) is 6.81. The number of sulfonamides is 1. The lowest BCUT2D eigenvalue weighted by atomic mass is 10.2. The molecular formula is C17H16ClN3O2S. The molecule has 1 aliphatic rings. The zero-order valence-corrected chi connectivity index (χ0v) is 14.5. The van der Waals surface area contributed by atoms with Gasteiger partial charge in [0.1, 0.15) is 6.07 Å². The number of nitrogens with zero attached hydrogens (tertiary/aromatic N) is 3. The van der Waals surface area contributed by atoms with Gasteiger partial charge >= 0.3 is 0 Å². The van der Waals surface area contributed by atoms with Crippen LogP contribution in [0.15, 0.2) is 53.4 Å². The quantitative estimate of drug-likeness (QED) is 0.843. The smallest absolute Gasteiger partial charge is 0.244 e. The number of anilines is 1. The molecule has 0 N–H and O–H groups in total. The van der Waals surface area contributed by atoms with Crippen molar-refractivity contribution in [2.24, 2.45) is 0 Å². The third kappa shape index (κ3) is 3.24. The van der Waals surface area contributed by atoms with E-state index in [4.69, 9.17) is 16.9 Å². The molecule has 124 valence electrons. The second-order valence-corrected chi connectivity index (χ2v) is 7.82. The Morgan fingerprint density at radius 1 is 0.958 bits per heavy atom. The van der Waals surface area contributed by atoms with Crippen LogP contribution in [0.5, 0.6) is 0 Å². The normalized spacial score (nSPS) is 15.9. The molecule has 2 aromatic carbocycles. The average Bonchev–Trinajstić information content (AvgIpc) is 2.62. The molecule has 24 heavy (non-hydrogen) atoms. The number of nitriles is 1. The summed E-state index contributed by atoms with van der Waals surface area (Å²) in [5, 5.41) is 9.82. The number of piperazine rings is 1. The Balaban J connectivity index is 1.76. The lowest BCUT2D eigenvalue weighted by Gasteiger charge is -2.35. The van der Waals surface area contributed by atoms with Gasteiger partial charge in [0.25, 0.3) is 0 Å². The van der Waals surface area contributed by atoms with Crippen molar-refractivity contribution in [1.82, 2.24) is 4.31 Å². The molecular weight excluding hydrogens is 346 g/mol. The summed E-state index contributed by atoms with van der Waals surface area (Å²) in [6.45, 7) is 1.95. The molecule has 0 aliphatic carbocycles. The van der Waals surface area contributed by atoms with Gasteiger partial charge < -0.3 is 4.90 Å². The van der Waals surface area contributed by atoms with E-state index in [0.29, 0.717) is 31.2 Å². The van der Waals surface area contributed by atoms with E-state index >= 15 is 0 Å². The molecule has 0 radical (unpaired) electrons. The van der Waals surface area contributed by atoms with Crippen LogP contribution in [0.2, 0.25) is 5.02 Å². The first-order valence-corrected chi connectivity index (χ1v) is 9.34. The van der Waals surface area contributed by atoms with Gasteiger partial charge in [-0.25, -0.2) is 8.42 Å². The molecule has 1 saturated heterocycles. The number of hydrogen-bond donors (Lipinski definition) is 0. The maximum absolute atomic E-state index is 12.8. The minimum Gasteiger partial charge on any atom is -0.369 e. The fraction of sp³-hybridized carbons (Fsp3) is 0.235. The number of hydrogen-bond acceptors (Lipinski definition) is 4. The van der Waals surface area contributed by atoms with Crippen LogP contribution in [0.25, 0.3) is 0 Å². The average molecular weight is 362 g/mol. The summed E-state index contributed by atoms with van der Waals surface area (Å²) >= 11 is 5.90. The molecule has 0 amide bonds. The molecule has 0 unspecified atom stereocenters. The van der Waals surface area contributed by atoms with Gasteiger partial charge in [0, 0.05) is 36.9 Å². The Labute approximate surface area is 146 Å². The summed E-state index contributed by atoms with van der Waals surface area (Å²) in [6, 6.07) is 15.8. The molecule has 0 aromatic heterocycles. The van der Waals surface area contributed by atoms with Crippen molar-refractivity contribution in [3.8, 4) is 6.07 Å². The molecule has 1 heterocycles. The van der Waals surface area contributed by atoms with E-state index in [1.165, 1.54) is 16.4 Å². The van der Waals surface area contributed by atoms with Gasteiger partial charge in [-0.05, 0) is 36.4 Å². The number of halogens is 1. The third-order valence-corrected chi connectivity index (χ3v) is 6.26. The van der Waals surface area contributed by atoms with Crippen molar-refractivity contribution in [3.05, 3.63) is 59.1 Å². The van der Waals surface area contributed by atoms with Gasteiger partial charge in [0.2, 0.25) is 10.0 Å². The van der Waals surface area contributed by atoms with Crippen LogP contribution in [-0.2, 0) is 10.0 Å². The first-order chi connectivity index (χ1) is 11.5. The summed E-state index contributed by atoms with van der Waals surface area (Å²) in [5.74, 6) is 0. The Hall–Kier alpha value is -2.07. The van der Waals surface area contributed by atoms with Crippen LogP contribution in [0.1, 0.15) is 5.56 Å². The summed E-state index contributed by atoms with van der Waals surface area (Å²) in [7, 11) is -3.65. The van der Waals surface area contributed by atoms with E-state index in [9.17, 15) is 8.42 Å². The van der Waals surface area contributed by atoms with Crippen molar-refractivity contribution in [2.75, 3.05) is 31.1 Å². The molecule has 0 bridgehead atoms. The molecule has 2 aromatic rings. The van der Waals surface area contributed by atoms with Crippen LogP contribution in [0.4, 0.5) is 5.69 Å². The fourth-order valence-corrected chi connectivity index (χ4v) is 4.45. The lowest BCUT2D eigenvalue weighted by Crippen LogP contribution is -2.48. The SMILES string of the molecule is N#Cc1ccccc1S(=O)(=O)N1CCN(c2ccc(Cl)cc2)CC1. The summed E-state index contributed by atoms with van der Waals surface area (Å²) < 4.78 is 27.0. The number of rotatable bonds is 3. The fourth-order valence-electron chi connectivity index (χ4n) is 2.76. The minimum atomic E-state index is -3.65. The van der Waals surface area contributed by atoms with Gasteiger partial charge in [-0.3, -0.25) is 0 Å². The molecule has 0 spiro atoms. The highest BCUT2D eigenvalue weighted by Crippen LogP contribution is 2.24.